The Hall–Kier alpha value is -2.54. The molecule has 0 bridgehead atoms. The van der Waals surface area contributed by atoms with Gasteiger partial charge in [-0.05, 0) is 44.5 Å². The molecular weight excluding hydrogens is 579 g/mol. The Kier molecular flexibility index (Phi) is 11.5. The second kappa shape index (κ2) is 14.4. The van der Waals surface area contributed by atoms with Crippen molar-refractivity contribution >= 4 is 50.8 Å². The van der Waals surface area contributed by atoms with Crippen molar-refractivity contribution in [2.45, 2.75) is 37.8 Å². The minimum atomic E-state index is -3.57. The maximum Gasteiger partial charge on any atom is 0.416 e. The molecule has 0 spiro atoms. The molecule has 2 aromatic carbocycles. The zero-order valence-corrected chi connectivity index (χ0v) is 25.0. The first kappa shape index (κ1) is 32.0. The number of ketones is 1. The summed E-state index contributed by atoms with van der Waals surface area (Å²) in [7, 11) is -3.57. The summed E-state index contributed by atoms with van der Waals surface area (Å²) >= 11 is 12.4. The number of amides is 1. The van der Waals surface area contributed by atoms with E-state index in [1.165, 1.54) is 17.0 Å². The minimum Gasteiger partial charge on any atom is -0.443 e. The number of aliphatic imine (C=N–C) groups is 1. The van der Waals surface area contributed by atoms with E-state index in [1.54, 1.807) is 18.2 Å². The van der Waals surface area contributed by atoms with Gasteiger partial charge in [0.2, 0.25) is 0 Å². The molecule has 10 nitrogen and oxygen atoms in total. The second-order valence-electron chi connectivity index (χ2n) is 10.0. The lowest BCUT2D eigenvalue weighted by Gasteiger charge is -2.25. The molecule has 0 aromatic heterocycles. The summed E-state index contributed by atoms with van der Waals surface area (Å²) in [4.78, 5) is 30.7. The highest BCUT2D eigenvalue weighted by Gasteiger charge is 2.29. The molecular formula is C27H34Cl2N4O6S. The molecule has 1 amide bonds. The molecule has 0 unspecified atom stereocenters. The van der Waals surface area contributed by atoms with Crippen molar-refractivity contribution in [1.29, 1.82) is 0 Å². The Morgan fingerprint density at radius 2 is 1.82 bits per heavy atom. The van der Waals surface area contributed by atoms with Crippen molar-refractivity contribution in [3.8, 4) is 0 Å². The third-order valence-corrected chi connectivity index (χ3v) is 7.96. The fourth-order valence-electron chi connectivity index (χ4n) is 3.72. The number of ether oxygens (including phenoxy) is 2. The van der Waals surface area contributed by atoms with Crippen LogP contribution in [0.2, 0.25) is 10.0 Å². The van der Waals surface area contributed by atoms with Crippen LogP contribution in [0.5, 0.6) is 0 Å². The molecule has 13 heteroatoms. The van der Waals surface area contributed by atoms with E-state index in [4.69, 9.17) is 32.7 Å². The molecule has 0 aliphatic carbocycles. The van der Waals surface area contributed by atoms with Gasteiger partial charge < -0.3 is 20.1 Å². The van der Waals surface area contributed by atoms with Gasteiger partial charge in [-0.3, -0.25) is 14.7 Å². The number of amidine groups is 1. The van der Waals surface area contributed by atoms with E-state index >= 15 is 0 Å². The summed E-state index contributed by atoms with van der Waals surface area (Å²) in [5.74, 6) is 0.0605. The Balaban J connectivity index is 1.36. The van der Waals surface area contributed by atoms with Crippen LogP contribution in [-0.4, -0.2) is 81.9 Å². The zero-order valence-electron chi connectivity index (χ0n) is 22.7. The van der Waals surface area contributed by atoms with Gasteiger partial charge in [0.1, 0.15) is 23.9 Å². The third kappa shape index (κ3) is 9.53. The number of carbonyl (C=O) groups excluding carboxylic acids is 2. The zero-order chi connectivity index (χ0) is 29.3. The Bertz CT molecular complexity index is 1340. The summed E-state index contributed by atoms with van der Waals surface area (Å²) in [6.07, 6.45) is -0.454. The van der Waals surface area contributed by atoms with Crippen molar-refractivity contribution in [2.75, 3.05) is 45.3 Å². The van der Waals surface area contributed by atoms with Crippen LogP contribution >= 0.6 is 23.2 Å². The van der Waals surface area contributed by atoms with Gasteiger partial charge in [0.05, 0.1) is 36.2 Å². The SMILES string of the molecule is CC(C)(C)OC(=O)N1CCN=C1c1ccc(CNCC(=O)COCCNCS(=O)(=O)c2ccccc2Cl)c(Cl)c1. The van der Waals surface area contributed by atoms with Crippen LogP contribution in [0.25, 0.3) is 0 Å². The van der Waals surface area contributed by atoms with Crippen LogP contribution in [-0.2, 0) is 30.7 Å². The normalized spacial score (nSPS) is 13.8. The lowest BCUT2D eigenvalue weighted by atomic mass is 10.1. The topological polar surface area (TPSA) is 126 Å². The summed E-state index contributed by atoms with van der Waals surface area (Å²) in [5.41, 5.74) is 0.874. The number of carbonyl (C=O) groups is 2. The van der Waals surface area contributed by atoms with Crippen molar-refractivity contribution in [3.05, 3.63) is 63.6 Å². The summed E-state index contributed by atoms with van der Waals surface area (Å²) in [6.45, 7) is 7.09. The van der Waals surface area contributed by atoms with E-state index in [0.717, 1.165) is 5.56 Å². The van der Waals surface area contributed by atoms with E-state index in [9.17, 15) is 18.0 Å². The molecule has 2 N–H and O–H groups in total. The van der Waals surface area contributed by atoms with Crippen LogP contribution in [0.3, 0.4) is 0 Å². The van der Waals surface area contributed by atoms with E-state index in [0.29, 0.717) is 36.1 Å². The van der Waals surface area contributed by atoms with Crippen molar-refractivity contribution in [3.63, 3.8) is 0 Å². The smallest absolute Gasteiger partial charge is 0.416 e. The number of Topliss-reactive ketones (excluding diaryl/α,β-unsaturated/α-hetero) is 1. The number of nitrogens with zero attached hydrogens (tertiary/aromatic N) is 2. The molecule has 0 radical (unpaired) electrons. The first-order valence-corrected chi connectivity index (χ1v) is 15.1. The molecule has 2 aromatic rings. The van der Waals surface area contributed by atoms with E-state index in [2.05, 4.69) is 15.6 Å². The predicted molar refractivity (Wildman–Crippen MR) is 155 cm³/mol. The van der Waals surface area contributed by atoms with Gasteiger partial charge in [-0.2, -0.15) is 0 Å². The van der Waals surface area contributed by atoms with E-state index in [1.807, 2.05) is 32.9 Å². The van der Waals surface area contributed by atoms with E-state index < -0.39 is 21.5 Å². The van der Waals surface area contributed by atoms with Gasteiger partial charge in [-0.1, -0.05) is 47.5 Å². The van der Waals surface area contributed by atoms with Crippen molar-refractivity contribution in [1.82, 2.24) is 15.5 Å². The van der Waals surface area contributed by atoms with Crippen LogP contribution in [0, 0.1) is 0 Å². The lowest BCUT2D eigenvalue weighted by molar-refractivity contribution is -0.122. The fourth-order valence-corrected chi connectivity index (χ4v) is 5.67. The number of sulfone groups is 1. The average molecular weight is 614 g/mol. The average Bonchev–Trinajstić information content (AvgIpc) is 3.36. The molecule has 40 heavy (non-hydrogen) atoms. The molecule has 1 aliphatic heterocycles. The first-order valence-electron chi connectivity index (χ1n) is 12.7. The van der Waals surface area contributed by atoms with Gasteiger partial charge >= 0.3 is 6.09 Å². The highest BCUT2D eigenvalue weighted by atomic mass is 35.5. The second-order valence-corrected chi connectivity index (χ2v) is 12.8. The van der Waals surface area contributed by atoms with Crippen molar-refractivity contribution < 1.29 is 27.5 Å². The van der Waals surface area contributed by atoms with Crippen LogP contribution < -0.4 is 10.6 Å². The number of nitrogens with one attached hydrogen (secondary N) is 2. The number of hydrogen-bond acceptors (Lipinski definition) is 9. The Morgan fingerprint density at radius 1 is 1.07 bits per heavy atom. The molecule has 1 heterocycles. The molecule has 0 atom stereocenters. The fraction of sp³-hybridized carbons (Fsp3) is 0.444. The van der Waals surface area contributed by atoms with Gasteiger partial charge in [-0.15, -0.1) is 0 Å². The first-order chi connectivity index (χ1) is 18.9. The maximum atomic E-state index is 12.5. The monoisotopic (exact) mass is 612 g/mol. The highest BCUT2D eigenvalue weighted by molar-refractivity contribution is 7.91. The number of hydrogen-bond donors (Lipinski definition) is 2. The summed E-state index contributed by atoms with van der Waals surface area (Å²) in [6, 6.07) is 11.6. The molecule has 0 saturated carbocycles. The molecule has 0 saturated heterocycles. The standard InChI is InChI=1S/C27H34Cl2N4O6S/c1-27(2,3)39-26(35)33-12-10-32-25(33)19-8-9-20(23(29)14-19)15-31-16-21(34)17-38-13-11-30-18-40(36,37)24-7-5-4-6-22(24)28/h4-9,14,30-31H,10-13,15-18H2,1-3H3. The quantitative estimate of drug-likeness (QED) is 0.328. The van der Waals surface area contributed by atoms with Gasteiger partial charge in [-0.25, -0.2) is 13.2 Å². The number of halogens is 2. The minimum absolute atomic E-state index is 0.0659. The van der Waals surface area contributed by atoms with Crippen LogP contribution in [0.1, 0.15) is 31.9 Å². The number of rotatable bonds is 13. The Labute approximate surface area is 244 Å². The molecule has 3 rings (SSSR count). The predicted octanol–water partition coefficient (Wildman–Crippen LogP) is 3.69. The highest BCUT2D eigenvalue weighted by Crippen LogP contribution is 2.23. The van der Waals surface area contributed by atoms with Gasteiger partial charge in [0.25, 0.3) is 0 Å². The summed E-state index contributed by atoms with van der Waals surface area (Å²) in [5, 5.41) is 6.48. The van der Waals surface area contributed by atoms with Gasteiger partial charge in [0, 0.05) is 23.7 Å². The molecule has 0 fully saturated rings. The summed E-state index contributed by atoms with van der Waals surface area (Å²) < 4.78 is 35.5. The Morgan fingerprint density at radius 3 is 2.52 bits per heavy atom. The number of benzene rings is 2. The van der Waals surface area contributed by atoms with Gasteiger partial charge in [0.15, 0.2) is 15.6 Å². The molecule has 1 aliphatic rings. The van der Waals surface area contributed by atoms with Crippen LogP contribution in [0.15, 0.2) is 52.4 Å². The van der Waals surface area contributed by atoms with Crippen LogP contribution in [0.4, 0.5) is 4.79 Å². The maximum absolute atomic E-state index is 12.5. The third-order valence-electron chi connectivity index (χ3n) is 5.55. The largest absolute Gasteiger partial charge is 0.443 e. The van der Waals surface area contributed by atoms with E-state index in [-0.39, 0.29) is 47.9 Å². The van der Waals surface area contributed by atoms with Crippen molar-refractivity contribution in [2.24, 2.45) is 4.99 Å². The molecule has 218 valence electrons. The lowest BCUT2D eigenvalue weighted by Crippen LogP contribution is -2.39.